The summed E-state index contributed by atoms with van der Waals surface area (Å²) in [6.07, 6.45) is -5.62. The fraction of sp³-hybridized carbons (Fsp3) is 1.00. The predicted octanol–water partition coefficient (Wildman–Crippen LogP) is 2.29. The summed E-state index contributed by atoms with van der Waals surface area (Å²) in [5, 5.41) is 0. The molecule has 1 heterocycles. The summed E-state index contributed by atoms with van der Waals surface area (Å²) in [5.41, 5.74) is -0.758. The third kappa shape index (κ3) is 1.76. The minimum atomic E-state index is -4.25. The van der Waals surface area contributed by atoms with Crippen LogP contribution in [-0.2, 0) is 4.74 Å². The number of rotatable bonds is 0. The first-order chi connectivity index (χ1) is 4.50. The first kappa shape index (κ1) is 8.14. The summed E-state index contributed by atoms with van der Waals surface area (Å²) in [5.74, 6) is 0. The summed E-state index contributed by atoms with van der Waals surface area (Å²) in [6.45, 7) is 0. The van der Waals surface area contributed by atoms with E-state index in [2.05, 4.69) is 4.74 Å². The molecule has 1 nitrogen and oxygen atoms in total. The average Bonchev–Trinajstić information content (AvgIpc) is 2.11. The highest BCUT2D eigenvalue weighted by molar-refractivity contribution is 6.19. The maximum atomic E-state index is 11.8. The van der Waals surface area contributed by atoms with E-state index in [9.17, 15) is 13.2 Å². The Kier molecular flexibility index (Phi) is 2.10. The first-order valence-electron chi connectivity index (χ1n) is 2.86. The van der Waals surface area contributed by atoms with Crippen LogP contribution in [0.25, 0.3) is 0 Å². The van der Waals surface area contributed by atoms with Gasteiger partial charge in [0.1, 0.15) is 5.56 Å². The van der Waals surface area contributed by atoms with Crippen molar-refractivity contribution in [1.29, 1.82) is 0 Å². The molecule has 0 aromatic heterocycles. The molecule has 0 saturated carbocycles. The zero-order valence-corrected chi connectivity index (χ0v) is 5.74. The van der Waals surface area contributed by atoms with Gasteiger partial charge in [-0.3, -0.25) is 0 Å². The molecule has 0 bridgehead atoms. The highest BCUT2D eigenvalue weighted by atomic mass is 35.5. The predicted molar refractivity (Wildman–Crippen MR) is 29.8 cm³/mol. The number of halogens is 4. The molecule has 0 N–H and O–H groups in total. The Morgan fingerprint density at radius 2 is 1.90 bits per heavy atom. The molecule has 60 valence electrons. The molecule has 0 aliphatic carbocycles. The molecule has 0 spiro atoms. The summed E-state index contributed by atoms with van der Waals surface area (Å²) in [6, 6.07) is 0. The largest absolute Gasteiger partial charge is 0.414 e. The van der Waals surface area contributed by atoms with Gasteiger partial charge in [0.05, 0.1) is 0 Å². The molecule has 1 aliphatic rings. The van der Waals surface area contributed by atoms with E-state index in [0.717, 1.165) is 0 Å². The number of alkyl halides is 4. The van der Waals surface area contributed by atoms with Crippen LogP contribution in [0.15, 0.2) is 0 Å². The molecule has 0 amide bonds. The highest BCUT2D eigenvalue weighted by Gasteiger charge is 2.44. The summed E-state index contributed by atoms with van der Waals surface area (Å²) < 4.78 is 39.6. The van der Waals surface area contributed by atoms with E-state index < -0.39 is 17.8 Å². The van der Waals surface area contributed by atoms with Gasteiger partial charge in [-0.2, -0.15) is 13.2 Å². The second kappa shape index (κ2) is 2.58. The Hall–Kier alpha value is 0.0400. The van der Waals surface area contributed by atoms with Crippen molar-refractivity contribution in [2.75, 3.05) is 0 Å². The molecule has 1 saturated heterocycles. The Balaban J connectivity index is 2.45. The lowest BCUT2D eigenvalue weighted by Crippen LogP contribution is -2.28. The molecular weight excluding hydrogens is 169 g/mol. The van der Waals surface area contributed by atoms with Crippen molar-refractivity contribution in [3.63, 3.8) is 0 Å². The molecular formula is C5H6ClF3O. The third-order valence-electron chi connectivity index (χ3n) is 1.33. The molecule has 2 unspecified atom stereocenters. The van der Waals surface area contributed by atoms with E-state index >= 15 is 0 Å². The van der Waals surface area contributed by atoms with Crippen LogP contribution in [0.2, 0.25) is 0 Å². The van der Waals surface area contributed by atoms with E-state index in [1.807, 2.05) is 0 Å². The molecule has 0 aromatic rings. The van der Waals surface area contributed by atoms with Crippen molar-refractivity contribution in [1.82, 2.24) is 0 Å². The van der Waals surface area contributed by atoms with Crippen molar-refractivity contribution in [3.8, 4) is 0 Å². The molecule has 0 aromatic carbocycles. The maximum Gasteiger partial charge on any atom is 0.414 e. The lowest BCUT2D eigenvalue weighted by Gasteiger charge is -2.13. The standard InChI is InChI=1S/C5H6ClF3O/c6-4-2-1-3(10-4)5(7,8)9/h3-4H,1-2H2. The third-order valence-corrected chi connectivity index (χ3v) is 1.65. The van der Waals surface area contributed by atoms with Gasteiger partial charge in [0.25, 0.3) is 0 Å². The lowest BCUT2D eigenvalue weighted by molar-refractivity contribution is -0.209. The Morgan fingerprint density at radius 1 is 1.30 bits per heavy atom. The van der Waals surface area contributed by atoms with Gasteiger partial charge < -0.3 is 4.74 Å². The number of ether oxygens (including phenoxy) is 1. The minimum Gasteiger partial charge on any atom is -0.350 e. The highest BCUT2D eigenvalue weighted by Crippen LogP contribution is 2.34. The van der Waals surface area contributed by atoms with Crippen LogP contribution >= 0.6 is 11.6 Å². The van der Waals surface area contributed by atoms with E-state index in [4.69, 9.17) is 11.6 Å². The van der Waals surface area contributed by atoms with Crippen LogP contribution in [0.1, 0.15) is 12.8 Å². The number of hydrogen-bond acceptors (Lipinski definition) is 1. The fourth-order valence-corrected chi connectivity index (χ4v) is 1.09. The quantitative estimate of drug-likeness (QED) is 0.512. The fourth-order valence-electron chi connectivity index (χ4n) is 0.838. The van der Waals surface area contributed by atoms with Crippen LogP contribution in [0.3, 0.4) is 0 Å². The molecule has 0 radical (unpaired) electrons. The molecule has 1 aliphatic heterocycles. The van der Waals surface area contributed by atoms with E-state index in [1.165, 1.54) is 0 Å². The van der Waals surface area contributed by atoms with Crippen molar-refractivity contribution < 1.29 is 17.9 Å². The number of hydrogen-bond donors (Lipinski definition) is 0. The second-order valence-electron chi connectivity index (χ2n) is 2.15. The van der Waals surface area contributed by atoms with E-state index in [0.29, 0.717) is 0 Å². The van der Waals surface area contributed by atoms with Crippen molar-refractivity contribution in [2.45, 2.75) is 30.7 Å². The van der Waals surface area contributed by atoms with Gasteiger partial charge in [0, 0.05) is 0 Å². The van der Waals surface area contributed by atoms with Crippen LogP contribution in [0, 0.1) is 0 Å². The van der Waals surface area contributed by atoms with Gasteiger partial charge in [-0.25, -0.2) is 0 Å². The zero-order chi connectivity index (χ0) is 7.78. The van der Waals surface area contributed by atoms with Crippen LogP contribution in [-0.4, -0.2) is 17.8 Å². The van der Waals surface area contributed by atoms with Crippen molar-refractivity contribution >= 4 is 11.6 Å². The summed E-state index contributed by atoms with van der Waals surface area (Å²) in [4.78, 5) is 0. The van der Waals surface area contributed by atoms with Gasteiger partial charge in [-0.15, -0.1) is 0 Å². The minimum absolute atomic E-state index is 0.0162. The average molecular weight is 175 g/mol. The molecule has 1 fully saturated rings. The molecule has 2 atom stereocenters. The van der Waals surface area contributed by atoms with Gasteiger partial charge in [-0.1, -0.05) is 11.6 Å². The molecule has 10 heavy (non-hydrogen) atoms. The van der Waals surface area contributed by atoms with E-state index in [1.54, 1.807) is 0 Å². The van der Waals surface area contributed by atoms with E-state index in [-0.39, 0.29) is 12.8 Å². The summed E-state index contributed by atoms with van der Waals surface area (Å²) >= 11 is 5.29. The van der Waals surface area contributed by atoms with Gasteiger partial charge in [-0.05, 0) is 12.8 Å². The molecule has 1 rings (SSSR count). The Labute approximate surface area is 61.1 Å². The second-order valence-corrected chi connectivity index (χ2v) is 2.64. The normalized spacial score (nSPS) is 34.8. The smallest absolute Gasteiger partial charge is 0.350 e. The first-order valence-corrected chi connectivity index (χ1v) is 3.30. The zero-order valence-electron chi connectivity index (χ0n) is 4.99. The lowest BCUT2D eigenvalue weighted by atomic mass is 10.2. The van der Waals surface area contributed by atoms with Gasteiger partial charge in [0.2, 0.25) is 0 Å². The van der Waals surface area contributed by atoms with Crippen LogP contribution in [0.5, 0.6) is 0 Å². The molecule has 5 heteroatoms. The maximum absolute atomic E-state index is 11.8. The Bertz CT molecular complexity index is 125. The van der Waals surface area contributed by atoms with Crippen molar-refractivity contribution in [3.05, 3.63) is 0 Å². The summed E-state index contributed by atoms with van der Waals surface area (Å²) in [7, 11) is 0. The topological polar surface area (TPSA) is 9.23 Å². The van der Waals surface area contributed by atoms with Crippen LogP contribution < -0.4 is 0 Å². The van der Waals surface area contributed by atoms with Crippen molar-refractivity contribution in [2.24, 2.45) is 0 Å². The van der Waals surface area contributed by atoms with Gasteiger partial charge >= 0.3 is 6.18 Å². The monoisotopic (exact) mass is 174 g/mol. The SMILES string of the molecule is FC(F)(F)C1CCC(Cl)O1. The van der Waals surface area contributed by atoms with Crippen LogP contribution in [0.4, 0.5) is 13.2 Å². The Morgan fingerprint density at radius 3 is 2.10 bits per heavy atom. The van der Waals surface area contributed by atoms with Gasteiger partial charge in [0.15, 0.2) is 6.10 Å².